The number of fused-ring (bicyclic) bond motifs is 1. The molecular weight excluding hydrogens is 170 g/mol. The Morgan fingerprint density at radius 1 is 1.54 bits per heavy atom. The number of primary amides is 1. The highest BCUT2D eigenvalue weighted by atomic mass is 16.2. The molecule has 1 aliphatic rings. The number of rotatable bonds is 1. The smallest absolute Gasteiger partial charge is 0.267 e. The Labute approximate surface area is 74.5 Å². The Kier molecular flexibility index (Phi) is 1.58. The average Bonchev–Trinajstić information content (AvgIpc) is 2.48. The van der Waals surface area contributed by atoms with E-state index in [1.807, 2.05) is 0 Å². The molecule has 1 aromatic rings. The van der Waals surface area contributed by atoms with E-state index >= 15 is 0 Å². The third-order valence-corrected chi connectivity index (χ3v) is 2.09. The molecule has 0 spiro atoms. The van der Waals surface area contributed by atoms with Crippen molar-refractivity contribution in [2.45, 2.75) is 6.54 Å². The van der Waals surface area contributed by atoms with Crippen LogP contribution in [0, 0.1) is 0 Å². The summed E-state index contributed by atoms with van der Waals surface area (Å²) in [6.45, 7) is 1.15. The van der Waals surface area contributed by atoms with Gasteiger partial charge in [0, 0.05) is 13.1 Å². The molecule has 0 unspecified atom stereocenters. The van der Waals surface area contributed by atoms with Gasteiger partial charge in [-0.3, -0.25) is 9.59 Å². The van der Waals surface area contributed by atoms with Crippen molar-refractivity contribution in [1.29, 1.82) is 0 Å². The number of nitrogens with one attached hydrogen (secondary N) is 1. The van der Waals surface area contributed by atoms with E-state index in [4.69, 9.17) is 5.73 Å². The first-order valence-electron chi connectivity index (χ1n) is 3.97. The van der Waals surface area contributed by atoms with Crippen LogP contribution in [0.15, 0.2) is 12.1 Å². The molecule has 3 N–H and O–H groups in total. The summed E-state index contributed by atoms with van der Waals surface area (Å²) < 4.78 is 1.64. The van der Waals surface area contributed by atoms with Crippen molar-refractivity contribution >= 4 is 11.8 Å². The van der Waals surface area contributed by atoms with Gasteiger partial charge in [-0.25, -0.2) is 0 Å². The zero-order valence-electron chi connectivity index (χ0n) is 6.91. The summed E-state index contributed by atoms with van der Waals surface area (Å²) in [6, 6.07) is 3.18. The third-order valence-electron chi connectivity index (χ3n) is 2.09. The van der Waals surface area contributed by atoms with Crippen LogP contribution in [0.4, 0.5) is 0 Å². The SMILES string of the molecule is NC(=O)c1ccc2n1CCNC2=O. The lowest BCUT2D eigenvalue weighted by molar-refractivity contribution is 0.0925. The van der Waals surface area contributed by atoms with E-state index < -0.39 is 5.91 Å². The zero-order valence-corrected chi connectivity index (χ0v) is 6.91. The zero-order chi connectivity index (χ0) is 9.42. The van der Waals surface area contributed by atoms with Crippen LogP contribution in [-0.2, 0) is 6.54 Å². The van der Waals surface area contributed by atoms with E-state index in [0.29, 0.717) is 24.5 Å². The summed E-state index contributed by atoms with van der Waals surface area (Å²) in [4.78, 5) is 22.1. The Hall–Kier alpha value is -1.78. The maximum absolute atomic E-state index is 11.2. The fourth-order valence-corrected chi connectivity index (χ4v) is 1.49. The number of carbonyl (C=O) groups excluding carboxylic acids is 2. The van der Waals surface area contributed by atoms with Crippen LogP contribution >= 0.6 is 0 Å². The maximum atomic E-state index is 11.2. The van der Waals surface area contributed by atoms with Gasteiger partial charge in [0.2, 0.25) is 0 Å². The summed E-state index contributed by atoms with van der Waals surface area (Å²) in [6.07, 6.45) is 0. The van der Waals surface area contributed by atoms with E-state index in [9.17, 15) is 9.59 Å². The van der Waals surface area contributed by atoms with Crippen molar-refractivity contribution in [3.05, 3.63) is 23.5 Å². The minimum Gasteiger partial charge on any atom is -0.364 e. The molecule has 5 heteroatoms. The monoisotopic (exact) mass is 179 g/mol. The maximum Gasteiger partial charge on any atom is 0.267 e. The molecule has 1 aliphatic heterocycles. The normalized spacial score (nSPS) is 14.9. The quantitative estimate of drug-likeness (QED) is 0.599. The second kappa shape index (κ2) is 2.62. The number of nitrogens with zero attached hydrogens (tertiary/aromatic N) is 1. The van der Waals surface area contributed by atoms with E-state index in [1.54, 1.807) is 16.7 Å². The Morgan fingerprint density at radius 2 is 2.31 bits per heavy atom. The van der Waals surface area contributed by atoms with Gasteiger partial charge >= 0.3 is 0 Å². The third kappa shape index (κ3) is 1.09. The first-order chi connectivity index (χ1) is 6.20. The Balaban J connectivity index is 2.53. The summed E-state index contributed by atoms with van der Waals surface area (Å²) in [5, 5.41) is 2.68. The minimum absolute atomic E-state index is 0.154. The molecule has 0 atom stereocenters. The van der Waals surface area contributed by atoms with Crippen LogP contribution in [0.2, 0.25) is 0 Å². The molecule has 0 fully saturated rings. The van der Waals surface area contributed by atoms with Crippen LogP contribution < -0.4 is 11.1 Å². The Morgan fingerprint density at radius 3 is 3.00 bits per heavy atom. The molecule has 2 rings (SSSR count). The predicted octanol–water partition coefficient (Wildman–Crippen LogP) is -0.670. The molecule has 1 aromatic heterocycles. The van der Waals surface area contributed by atoms with Gasteiger partial charge in [0.25, 0.3) is 11.8 Å². The average molecular weight is 179 g/mol. The van der Waals surface area contributed by atoms with Gasteiger partial charge in [-0.1, -0.05) is 0 Å². The number of hydrogen-bond donors (Lipinski definition) is 2. The first-order valence-corrected chi connectivity index (χ1v) is 3.97. The fourth-order valence-electron chi connectivity index (χ4n) is 1.49. The number of hydrogen-bond acceptors (Lipinski definition) is 2. The van der Waals surface area contributed by atoms with Gasteiger partial charge in [-0.05, 0) is 12.1 Å². The van der Waals surface area contributed by atoms with Crippen molar-refractivity contribution in [1.82, 2.24) is 9.88 Å². The van der Waals surface area contributed by atoms with Gasteiger partial charge in [-0.15, -0.1) is 0 Å². The second-order valence-corrected chi connectivity index (χ2v) is 2.88. The van der Waals surface area contributed by atoms with Crippen LogP contribution in [0.3, 0.4) is 0 Å². The molecule has 2 heterocycles. The molecule has 0 saturated carbocycles. The largest absolute Gasteiger partial charge is 0.364 e. The second-order valence-electron chi connectivity index (χ2n) is 2.88. The number of amides is 2. The number of aromatic nitrogens is 1. The lowest BCUT2D eigenvalue weighted by atomic mass is 10.3. The lowest BCUT2D eigenvalue weighted by Crippen LogP contribution is -2.36. The van der Waals surface area contributed by atoms with Crippen molar-refractivity contribution < 1.29 is 9.59 Å². The van der Waals surface area contributed by atoms with Crippen LogP contribution in [0.5, 0.6) is 0 Å². The standard InChI is InChI=1S/C8H9N3O2/c9-7(12)5-1-2-6-8(13)10-3-4-11(5)6/h1-2H,3-4H2,(H2,9,12)(H,10,13). The summed E-state index contributed by atoms with van der Waals surface area (Å²) >= 11 is 0. The molecule has 13 heavy (non-hydrogen) atoms. The topological polar surface area (TPSA) is 77.1 Å². The van der Waals surface area contributed by atoms with E-state index in [2.05, 4.69) is 5.32 Å². The summed E-state index contributed by atoms with van der Waals surface area (Å²) in [5.41, 5.74) is 6.03. The summed E-state index contributed by atoms with van der Waals surface area (Å²) in [5.74, 6) is -0.653. The van der Waals surface area contributed by atoms with Crippen molar-refractivity contribution in [3.63, 3.8) is 0 Å². The van der Waals surface area contributed by atoms with Crippen LogP contribution in [0.1, 0.15) is 21.0 Å². The predicted molar refractivity (Wildman–Crippen MR) is 45.3 cm³/mol. The molecule has 2 amide bonds. The molecule has 0 bridgehead atoms. The van der Waals surface area contributed by atoms with Gasteiger partial charge in [0.1, 0.15) is 11.4 Å². The van der Waals surface area contributed by atoms with Crippen molar-refractivity contribution in [2.24, 2.45) is 5.73 Å². The highest BCUT2D eigenvalue weighted by Gasteiger charge is 2.20. The van der Waals surface area contributed by atoms with E-state index in [0.717, 1.165) is 0 Å². The van der Waals surface area contributed by atoms with E-state index in [-0.39, 0.29) is 5.91 Å². The van der Waals surface area contributed by atoms with Crippen molar-refractivity contribution in [2.75, 3.05) is 6.54 Å². The molecule has 5 nitrogen and oxygen atoms in total. The van der Waals surface area contributed by atoms with Gasteiger partial charge < -0.3 is 15.6 Å². The molecule has 0 aromatic carbocycles. The molecule has 68 valence electrons. The van der Waals surface area contributed by atoms with Crippen LogP contribution in [0.25, 0.3) is 0 Å². The summed E-state index contributed by atoms with van der Waals surface area (Å²) in [7, 11) is 0. The van der Waals surface area contributed by atoms with E-state index in [1.165, 1.54) is 0 Å². The van der Waals surface area contributed by atoms with Gasteiger partial charge in [0.15, 0.2) is 0 Å². The molecule has 0 saturated heterocycles. The molecule has 0 aliphatic carbocycles. The highest BCUT2D eigenvalue weighted by molar-refractivity contribution is 5.97. The van der Waals surface area contributed by atoms with Crippen molar-refractivity contribution in [3.8, 4) is 0 Å². The first kappa shape index (κ1) is 7.85. The Bertz CT molecular complexity index is 367. The van der Waals surface area contributed by atoms with Crippen LogP contribution in [-0.4, -0.2) is 22.9 Å². The lowest BCUT2D eigenvalue weighted by Gasteiger charge is -2.17. The molecular formula is C8H9N3O2. The van der Waals surface area contributed by atoms with Gasteiger partial charge in [0.05, 0.1) is 0 Å². The number of nitrogens with two attached hydrogens (primary N) is 1. The fraction of sp³-hybridized carbons (Fsp3) is 0.250. The molecule has 0 radical (unpaired) electrons. The minimum atomic E-state index is -0.499. The van der Waals surface area contributed by atoms with Gasteiger partial charge in [-0.2, -0.15) is 0 Å². The highest BCUT2D eigenvalue weighted by Crippen LogP contribution is 2.11. The number of carbonyl (C=O) groups is 2.